The molecule has 0 spiro atoms. The molecular formula is C15H11Cl2N3O5. The number of rotatable bonds is 5. The molecule has 130 valence electrons. The van der Waals surface area contributed by atoms with Gasteiger partial charge in [0.15, 0.2) is 0 Å². The predicted molar refractivity (Wildman–Crippen MR) is 91.6 cm³/mol. The zero-order chi connectivity index (χ0) is 18.7. The average Bonchev–Trinajstić information content (AvgIpc) is 2.55. The maximum Gasteiger partial charge on any atom is 0.340 e. The topological polar surface area (TPSA) is 139 Å². The van der Waals surface area contributed by atoms with Crippen molar-refractivity contribution in [2.45, 2.75) is 6.61 Å². The maximum atomic E-state index is 12.1. The molecule has 0 aliphatic heterocycles. The van der Waals surface area contributed by atoms with Crippen molar-refractivity contribution >= 4 is 46.5 Å². The number of anilines is 1. The zero-order valence-electron chi connectivity index (χ0n) is 12.5. The summed E-state index contributed by atoms with van der Waals surface area (Å²) in [6.45, 7) is -0.419. The Balaban J connectivity index is 2.25. The summed E-state index contributed by atoms with van der Waals surface area (Å²) in [6.07, 6.45) is 0. The molecule has 0 saturated heterocycles. The normalized spacial score (nSPS) is 10.3. The molecule has 0 heterocycles. The summed E-state index contributed by atoms with van der Waals surface area (Å²) in [5, 5.41) is 11.4. The van der Waals surface area contributed by atoms with Gasteiger partial charge in [0.2, 0.25) is 5.91 Å². The van der Waals surface area contributed by atoms with Crippen LogP contribution in [0, 0.1) is 10.1 Å². The van der Waals surface area contributed by atoms with Crippen LogP contribution in [-0.4, -0.2) is 16.8 Å². The summed E-state index contributed by atoms with van der Waals surface area (Å²) in [4.78, 5) is 33.7. The van der Waals surface area contributed by atoms with Gasteiger partial charge >= 0.3 is 5.97 Å². The number of esters is 1. The van der Waals surface area contributed by atoms with Crippen LogP contribution in [0.5, 0.6) is 0 Å². The number of nitro benzene ring substituents is 1. The Morgan fingerprint density at radius 1 is 1.20 bits per heavy atom. The predicted octanol–water partition coefficient (Wildman–Crippen LogP) is 2.94. The van der Waals surface area contributed by atoms with Crippen molar-refractivity contribution in [1.29, 1.82) is 0 Å². The Morgan fingerprint density at radius 3 is 2.48 bits per heavy atom. The molecule has 0 aromatic heterocycles. The molecule has 0 saturated carbocycles. The van der Waals surface area contributed by atoms with Crippen molar-refractivity contribution in [2.75, 3.05) is 5.73 Å². The fourth-order valence-corrected chi connectivity index (χ4v) is 2.48. The summed E-state index contributed by atoms with van der Waals surface area (Å²) >= 11 is 11.7. The van der Waals surface area contributed by atoms with Gasteiger partial charge in [-0.3, -0.25) is 14.9 Å². The second kappa shape index (κ2) is 7.37. The average molecular weight is 384 g/mol. The summed E-state index contributed by atoms with van der Waals surface area (Å²) in [5.74, 6) is -1.66. The van der Waals surface area contributed by atoms with Crippen LogP contribution in [0.25, 0.3) is 0 Å². The van der Waals surface area contributed by atoms with E-state index in [1.807, 2.05) is 0 Å². The van der Waals surface area contributed by atoms with Gasteiger partial charge in [-0.1, -0.05) is 23.2 Å². The maximum absolute atomic E-state index is 12.1. The molecule has 2 aromatic rings. The van der Waals surface area contributed by atoms with E-state index in [-0.39, 0.29) is 32.4 Å². The molecule has 2 rings (SSSR count). The minimum Gasteiger partial charge on any atom is -0.457 e. The van der Waals surface area contributed by atoms with Crippen LogP contribution in [0.2, 0.25) is 10.0 Å². The Kier molecular flexibility index (Phi) is 5.45. The van der Waals surface area contributed by atoms with Gasteiger partial charge in [0.25, 0.3) is 5.69 Å². The van der Waals surface area contributed by atoms with E-state index in [4.69, 9.17) is 39.4 Å². The quantitative estimate of drug-likeness (QED) is 0.352. The Hall–Kier alpha value is -2.84. The molecular weight excluding hydrogens is 373 g/mol. The summed E-state index contributed by atoms with van der Waals surface area (Å²) in [7, 11) is 0. The van der Waals surface area contributed by atoms with E-state index in [9.17, 15) is 19.7 Å². The molecule has 0 bridgehead atoms. The van der Waals surface area contributed by atoms with Crippen LogP contribution in [0.3, 0.4) is 0 Å². The van der Waals surface area contributed by atoms with Crippen LogP contribution in [-0.2, 0) is 11.3 Å². The van der Waals surface area contributed by atoms with Crippen molar-refractivity contribution in [2.24, 2.45) is 5.73 Å². The minimum absolute atomic E-state index is 0.0188. The third kappa shape index (κ3) is 4.17. The van der Waals surface area contributed by atoms with Crippen LogP contribution in [0.4, 0.5) is 11.4 Å². The van der Waals surface area contributed by atoms with Crippen molar-refractivity contribution < 1.29 is 19.2 Å². The molecule has 8 nitrogen and oxygen atoms in total. The third-order valence-electron chi connectivity index (χ3n) is 3.24. The van der Waals surface area contributed by atoms with E-state index >= 15 is 0 Å². The second-order valence-electron chi connectivity index (χ2n) is 4.89. The number of primary amides is 1. The standard InChI is InChI=1S/C15H11Cl2N3O5/c16-9-4-10(13(18)11(17)5-9)15(22)25-6-8-2-1-7(14(19)21)3-12(8)20(23)24/h1-5H,6,18H2,(H2,19,21). The molecule has 4 N–H and O–H groups in total. The number of nitro groups is 1. The summed E-state index contributed by atoms with van der Waals surface area (Å²) in [6, 6.07) is 6.22. The van der Waals surface area contributed by atoms with Gasteiger partial charge < -0.3 is 16.2 Å². The number of nitrogen functional groups attached to an aromatic ring is 1. The highest BCUT2D eigenvalue weighted by atomic mass is 35.5. The van der Waals surface area contributed by atoms with E-state index < -0.39 is 29.1 Å². The Bertz CT molecular complexity index is 886. The molecule has 0 atom stereocenters. The number of hydrogen-bond donors (Lipinski definition) is 2. The highest BCUT2D eigenvalue weighted by Gasteiger charge is 2.20. The zero-order valence-corrected chi connectivity index (χ0v) is 14.0. The van der Waals surface area contributed by atoms with E-state index in [1.165, 1.54) is 24.3 Å². The lowest BCUT2D eigenvalue weighted by Crippen LogP contribution is -2.13. The minimum atomic E-state index is -0.852. The summed E-state index contributed by atoms with van der Waals surface area (Å²) < 4.78 is 5.04. The number of benzene rings is 2. The van der Waals surface area contributed by atoms with Gasteiger partial charge in [0, 0.05) is 16.7 Å². The van der Waals surface area contributed by atoms with E-state index in [0.717, 1.165) is 6.07 Å². The molecule has 0 unspecified atom stereocenters. The van der Waals surface area contributed by atoms with Crippen molar-refractivity contribution in [3.05, 3.63) is 67.2 Å². The number of halogens is 2. The van der Waals surface area contributed by atoms with Gasteiger partial charge in [0.05, 0.1) is 26.8 Å². The lowest BCUT2D eigenvalue weighted by molar-refractivity contribution is -0.385. The largest absolute Gasteiger partial charge is 0.457 e. The first-order valence-corrected chi connectivity index (χ1v) is 7.45. The molecule has 0 fully saturated rings. The van der Waals surface area contributed by atoms with Crippen LogP contribution >= 0.6 is 23.2 Å². The number of hydrogen-bond acceptors (Lipinski definition) is 6. The first kappa shape index (κ1) is 18.5. The fourth-order valence-electron chi connectivity index (χ4n) is 1.98. The van der Waals surface area contributed by atoms with Gasteiger partial charge in [-0.2, -0.15) is 0 Å². The fraction of sp³-hybridized carbons (Fsp3) is 0.0667. The highest BCUT2D eigenvalue weighted by molar-refractivity contribution is 6.37. The number of carbonyl (C=O) groups is 2. The first-order valence-electron chi connectivity index (χ1n) is 6.69. The summed E-state index contributed by atoms with van der Waals surface area (Å²) in [5.41, 5.74) is 10.4. The van der Waals surface area contributed by atoms with Crippen LogP contribution in [0.15, 0.2) is 30.3 Å². The molecule has 25 heavy (non-hydrogen) atoms. The van der Waals surface area contributed by atoms with E-state index in [2.05, 4.69) is 0 Å². The van der Waals surface area contributed by atoms with E-state index in [1.54, 1.807) is 0 Å². The smallest absolute Gasteiger partial charge is 0.340 e. The monoisotopic (exact) mass is 383 g/mol. The number of ether oxygens (including phenoxy) is 1. The molecule has 2 aromatic carbocycles. The van der Waals surface area contributed by atoms with Crippen LogP contribution in [0.1, 0.15) is 26.3 Å². The van der Waals surface area contributed by atoms with Crippen molar-refractivity contribution in [3.63, 3.8) is 0 Å². The van der Waals surface area contributed by atoms with Gasteiger partial charge in [-0.25, -0.2) is 4.79 Å². The SMILES string of the molecule is NC(=O)c1ccc(COC(=O)c2cc(Cl)cc(Cl)c2N)c([N+](=O)[O-])c1. The third-order valence-corrected chi connectivity index (χ3v) is 3.77. The number of nitrogens with two attached hydrogens (primary N) is 2. The van der Waals surface area contributed by atoms with Gasteiger partial charge in [-0.05, 0) is 24.3 Å². The Morgan fingerprint density at radius 2 is 1.88 bits per heavy atom. The van der Waals surface area contributed by atoms with Crippen LogP contribution < -0.4 is 11.5 Å². The number of amides is 1. The van der Waals surface area contributed by atoms with Gasteiger partial charge in [-0.15, -0.1) is 0 Å². The van der Waals surface area contributed by atoms with Gasteiger partial charge in [0.1, 0.15) is 6.61 Å². The highest BCUT2D eigenvalue weighted by Crippen LogP contribution is 2.29. The molecule has 1 amide bonds. The molecule has 0 aliphatic rings. The number of carbonyl (C=O) groups excluding carboxylic acids is 2. The number of nitrogens with zero attached hydrogens (tertiary/aromatic N) is 1. The van der Waals surface area contributed by atoms with Crippen molar-refractivity contribution in [3.8, 4) is 0 Å². The lowest BCUT2D eigenvalue weighted by atomic mass is 10.1. The van der Waals surface area contributed by atoms with E-state index in [0.29, 0.717) is 0 Å². The Labute approximate surface area is 151 Å². The lowest BCUT2D eigenvalue weighted by Gasteiger charge is -2.09. The van der Waals surface area contributed by atoms with Crippen molar-refractivity contribution in [1.82, 2.24) is 0 Å². The first-order chi connectivity index (χ1) is 11.7. The molecule has 0 radical (unpaired) electrons. The second-order valence-corrected chi connectivity index (χ2v) is 5.73. The molecule has 10 heteroatoms. The molecule has 0 aliphatic carbocycles.